The van der Waals surface area contributed by atoms with Gasteiger partial charge in [-0.15, -0.1) is 0 Å². The molecule has 0 bridgehead atoms. The van der Waals surface area contributed by atoms with Crippen LogP contribution in [0.2, 0.25) is 0 Å². The molecule has 1 heterocycles. The zero-order chi connectivity index (χ0) is 12.7. The second-order valence-corrected chi connectivity index (χ2v) is 5.40. The van der Waals surface area contributed by atoms with Gasteiger partial charge in [-0.25, -0.2) is 0 Å². The fraction of sp³-hybridized carbons (Fsp3) is 1.00. The summed E-state index contributed by atoms with van der Waals surface area (Å²) in [5.41, 5.74) is 0. The topological polar surface area (TPSA) is 44.7 Å². The third-order valence-electron chi connectivity index (χ3n) is 3.46. The summed E-state index contributed by atoms with van der Waals surface area (Å²) in [6, 6.07) is 0.302. The molecule has 1 fully saturated rings. The number of rotatable bonds is 7. The van der Waals surface area contributed by atoms with Crippen molar-refractivity contribution in [3.63, 3.8) is 0 Å². The molecule has 1 aliphatic rings. The lowest BCUT2D eigenvalue weighted by molar-refractivity contribution is 0.0850. The van der Waals surface area contributed by atoms with Gasteiger partial charge in [0.1, 0.15) is 0 Å². The molecule has 4 heteroatoms. The van der Waals surface area contributed by atoms with Crippen LogP contribution in [0.5, 0.6) is 0 Å². The van der Waals surface area contributed by atoms with E-state index in [0.717, 1.165) is 25.6 Å². The standard InChI is InChI=1S/C13H28N2O2/c1-11-4-6-15(7-5-11)9-13(16)8-14-12(2)10-17-3/h11-14,16H,4-10H2,1-3H3. The number of ether oxygens (including phenoxy) is 1. The minimum Gasteiger partial charge on any atom is -0.390 e. The van der Waals surface area contributed by atoms with Gasteiger partial charge >= 0.3 is 0 Å². The highest BCUT2D eigenvalue weighted by Crippen LogP contribution is 2.15. The van der Waals surface area contributed by atoms with Crippen molar-refractivity contribution in [3.05, 3.63) is 0 Å². The summed E-state index contributed by atoms with van der Waals surface area (Å²) in [5.74, 6) is 0.850. The molecule has 0 aromatic carbocycles. The van der Waals surface area contributed by atoms with E-state index in [0.29, 0.717) is 19.2 Å². The lowest BCUT2D eigenvalue weighted by atomic mass is 9.99. The third kappa shape index (κ3) is 6.36. The fourth-order valence-electron chi connectivity index (χ4n) is 2.25. The van der Waals surface area contributed by atoms with E-state index in [9.17, 15) is 5.11 Å². The Morgan fingerprint density at radius 2 is 2.06 bits per heavy atom. The highest BCUT2D eigenvalue weighted by Gasteiger charge is 2.18. The molecule has 1 saturated heterocycles. The zero-order valence-electron chi connectivity index (χ0n) is 11.5. The average Bonchev–Trinajstić information content (AvgIpc) is 2.30. The van der Waals surface area contributed by atoms with E-state index in [-0.39, 0.29) is 6.10 Å². The molecule has 0 saturated carbocycles. The van der Waals surface area contributed by atoms with Crippen LogP contribution in [0, 0.1) is 5.92 Å². The van der Waals surface area contributed by atoms with E-state index in [1.807, 2.05) is 0 Å². The summed E-state index contributed by atoms with van der Waals surface area (Å²) in [6.45, 7) is 8.77. The van der Waals surface area contributed by atoms with Crippen molar-refractivity contribution >= 4 is 0 Å². The Labute approximate surface area is 105 Å². The summed E-state index contributed by atoms with van der Waals surface area (Å²) in [4.78, 5) is 2.37. The number of aliphatic hydroxyl groups excluding tert-OH is 1. The van der Waals surface area contributed by atoms with Gasteiger partial charge in [-0.1, -0.05) is 6.92 Å². The van der Waals surface area contributed by atoms with Crippen molar-refractivity contribution in [2.45, 2.75) is 38.8 Å². The van der Waals surface area contributed by atoms with Crippen LogP contribution in [-0.2, 0) is 4.74 Å². The predicted molar refractivity (Wildman–Crippen MR) is 70.2 cm³/mol. The van der Waals surface area contributed by atoms with Crippen molar-refractivity contribution in [1.82, 2.24) is 10.2 Å². The molecule has 102 valence electrons. The normalized spacial score (nSPS) is 22.6. The van der Waals surface area contributed by atoms with Crippen LogP contribution in [0.1, 0.15) is 26.7 Å². The molecule has 1 aliphatic heterocycles. The lowest BCUT2D eigenvalue weighted by Crippen LogP contribution is -2.44. The number of hydrogen-bond donors (Lipinski definition) is 2. The third-order valence-corrected chi connectivity index (χ3v) is 3.46. The molecule has 0 radical (unpaired) electrons. The van der Waals surface area contributed by atoms with E-state index in [1.165, 1.54) is 12.8 Å². The lowest BCUT2D eigenvalue weighted by Gasteiger charge is -2.31. The van der Waals surface area contributed by atoms with Gasteiger partial charge in [-0.05, 0) is 38.8 Å². The smallest absolute Gasteiger partial charge is 0.0791 e. The van der Waals surface area contributed by atoms with Crippen LogP contribution in [0.4, 0.5) is 0 Å². The first-order valence-electron chi connectivity index (χ1n) is 6.74. The highest BCUT2D eigenvalue weighted by atomic mass is 16.5. The van der Waals surface area contributed by atoms with Gasteiger partial charge in [0.2, 0.25) is 0 Å². The number of β-amino-alcohol motifs (C(OH)–C–C–N with tert-alkyl or cyclic N) is 1. The Morgan fingerprint density at radius 3 is 2.65 bits per heavy atom. The van der Waals surface area contributed by atoms with Crippen LogP contribution in [0.25, 0.3) is 0 Å². The van der Waals surface area contributed by atoms with E-state index in [1.54, 1.807) is 7.11 Å². The van der Waals surface area contributed by atoms with Gasteiger partial charge in [0.15, 0.2) is 0 Å². The first kappa shape index (κ1) is 14.9. The maximum atomic E-state index is 9.94. The minimum atomic E-state index is -0.275. The number of nitrogens with zero attached hydrogens (tertiary/aromatic N) is 1. The number of likely N-dealkylation sites (tertiary alicyclic amines) is 1. The predicted octanol–water partition coefficient (Wildman–Crippen LogP) is 0.704. The number of piperidine rings is 1. The molecule has 1 rings (SSSR count). The fourth-order valence-corrected chi connectivity index (χ4v) is 2.25. The second kappa shape index (κ2) is 8.03. The number of hydrogen-bond acceptors (Lipinski definition) is 4. The molecule has 0 aromatic heterocycles. The first-order valence-corrected chi connectivity index (χ1v) is 6.74. The van der Waals surface area contributed by atoms with Crippen molar-refractivity contribution in [3.8, 4) is 0 Å². The quantitative estimate of drug-likeness (QED) is 0.692. The van der Waals surface area contributed by atoms with Crippen molar-refractivity contribution in [2.24, 2.45) is 5.92 Å². The van der Waals surface area contributed by atoms with E-state index < -0.39 is 0 Å². The molecule has 4 nitrogen and oxygen atoms in total. The minimum absolute atomic E-state index is 0.275. The number of aliphatic hydroxyl groups is 1. The van der Waals surface area contributed by atoms with E-state index >= 15 is 0 Å². The molecule has 17 heavy (non-hydrogen) atoms. The molecule has 2 atom stereocenters. The maximum absolute atomic E-state index is 9.94. The zero-order valence-corrected chi connectivity index (χ0v) is 11.5. The Kier molecular flexibility index (Phi) is 7.04. The monoisotopic (exact) mass is 244 g/mol. The van der Waals surface area contributed by atoms with E-state index in [2.05, 4.69) is 24.1 Å². The van der Waals surface area contributed by atoms with Crippen LogP contribution >= 0.6 is 0 Å². The van der Waals surface area contributed by atoms with Crippen LogP contribution in [0.15, 0.2) is 0 Å². The summed E-state index contributed by atoms with van der Waals surface area (Å²) < 4.78 is 5.04. The van der Waals surface area contributed by atoms with Crippen molar-refractivity contribution in [2.75, 3.05) is 39.9 Å². The Balaban J connectivity index is 2.10. The Morgan fingerprint density at radius 1 is 1.41 bits per heavy atom. The average molecular weight is 244 g/mol. The van der Waals surface area contributed by atoms with Crippen LogP contribution < -0.4 is 5.32 Å². The largest absolute Gasteiger partial charge is 0.390 e. The van der Waals surface area contributed by atoms with Crippen LogP contribution in [0.3, 0.4) is 0 Å². The summed E-state index contributed by atoms with van der Waals surface area (Å²) in [5, 5.41) is 13.2. The molecule has 2 N–H and O–H groups in total. The molecular formula is C13H28N2O2. The molecule has 0 spiro atoms. The molecule has 2 unspecified atom stereocenters. The number of methoxy groups -OCH3 is 1. The Hall–Kier alpha value is -0.160. The summed E-state index contributed by atoms with van der Waals surface area (Å²) in [7, 11) is 1.70. The summed E-state index contributed by atoms with van der Waals surface area (Å²) >= 11 is 0. The number of nitrogens with one attached hydrogen (secondary N) is 1. The van der Waals surface area contributed by atoms with Gasteiger partial charge in [-0.3, -0.25) is 0 Å². The maximum Gasteiger partial charge on any atom is 0.0791 e. The molecule has 0 aliphatic carbocycles. The second-order valence-electron chi connectivity index (χ2n) is 5.40. The molecule has 0 amide bonds. The molecular weight excluding hydrogens is 216 g/mol. The van der Waals surface area contributed by atoms with E-state index in [4.69, 9.17) is 4.74 Å². The SMILES string of the molecule is COCC(C)NCC(O)CN1CCC(C)CC1. The van der Waals surface area contributed by atoms with Crippen molar-refractivity contribution < 1.29 is 9.84 Å². The Bertz CT molecular complexity index is 194. The highest BCUT2D eigenvalue weighted by molar-refractivity contribution is 4.74. The molecule has 0 aromatic rings. The van der Waals surface area contributed by atoms with Gasteiger partial charge in [0, 0.05) is 26.2 Å². The van der Waals surface area contributed by atoms with Crippen molar-refractivity contribution in [1.29, 1.82) is 0 Å². The van der Waals surface area contributed by atoms with Gasteiger partial charge < -0.3 is 20.1 Å². The summed E-state index contributed by atoms with van der Waals surface area (Å²) in [6.07, 6.45) is 2.25. The first-order chi connectivity index (χ1) is 8.11. The van der Waals surface area contributed by atoms with Gasteiger partial charge in [0.05, 0.1) is 12.7 Å². The van der Waals surface area contributed by atoms with Gasteiger partial charge in [0.25, 0.3) is 0 Å². The van der Waals surface area contributed by atoms with Crippen LogP contribution in [-0.4, -0.2) is 62.0 Å². The van der Waals surface area contributed by atoms with Gasteiger partial charge in [-0.2, -0.15) is 0 Å².